The fourth-order valence-electron chi connectivity index (χ4n) is 3.52. The van der Waals surface area contributed by atoms with E-state index in [-0.39, 0.29) is 24.0 Å². The van der Waals surface area contributed by atoms with Gasteiger partial charge in [0.25, 0.3) is 11.8 Å². The Labute approximate surface area is 150 Å². The lowest BCUT2D eigenvalue weighted by molar-refractivity contribution is -0.124. The summed E-state index contributed by atoms with van der Waals surface area (Å²) in [6, 6.07) is 1.37. The Balaban J connectivity index is 1.98. The van der Waals surface area contributed by atoms with Gasteiger partial charge in [-0.1, -0.05) is 0 Å². The van der Waals surface area contributed by atoms with Crippen LogP contribution in [0.2, 0.25) is 0 Å². The fourth-order valence-corrected chi connectivity index (χ4v) is 3.52. The number of halogens is 1. The Morgan fingerprint density at radius 1 is 1.23 bits per heavy atom. The number of carbonyl (C=O) groups is 4. The van der Waals surface area contributed by atoms with E-state index in [1.54, 1.807) is 0 Å². The van der Waals surface area contributed by atoms with E-state index < -0.39 is 29.6 Å². The van der Waals surface area contributed by atoms with Crippen molar-refractivity contribution in [1.29, 1.82) is 0 Å². The number of carbonyl (C=O) groups excluding carboxylic acids is 4. The number of hydrogen-bond donors (Lipinski definition) is 1. The number of hydrogen-bond acceptors (Lipinski definition) is 5. The van der Waals surface area contributed by atoms with E-state index in [0.29, 0.717) is 25.1 Å². The Bertz CT molecular complexity index is 774. The molecule has 0 bridgehead atoms. The maximum atomic E-state index is 14.5. The second-order valence-corrected chi connectivity index (χ2v) is 6.40. The summed E-state index contributed by atoms with van der Waals surface area (Å²) in [5, 5.41) is 2.40. The molecule has 8 heteroatoms. The minimum Gasteiger partial charge on any atom is -0.369 e. The van der Waals surface area contributed by atoms with Gasteiger partial charge in [0.05, 0.1) is 16.8 Å². The normalized spacial score (nSPS) is 17.5. The molecule has 2 aliphatic heterocycles. The number of benzene rings is 1. The van der Waals surface area contributed by atoms with Crippen molar-refractivity contribution in [2.75, 3.05) is 25.0 Å². The first-order valence-electron chi connectivity index (χ1n) is 8.61. The van der Waals surface area contributed by atoms with Gasteiger partial charge in [0.2, 0.25) is 5.91 Å². The Kier molecular flexibility index (Phi) is 5.01. The summed E-state index contributed by atoms with van der Waals surface area (Å²) in [6.45, 7) is 1.39. The van der Waals surface area contributed by atoms with Crippen LogP contribution >= 0.6 is 0 Å². The second kappa shape index (κ2) is 7.23. The first kappa shape index (κ1) is 18.0. The molecular weight excluding hydrogens is 341 g/mol. The average molecular weight is 361 g/mol. The van der Waals surface area contributed by atoms with E-state index in [9.17, 15) is 23.6 Å². The van der Waals surface area contributed by atoms with Gasteiger partial charge in [0, 0.05) is 26.6 Å². The van der Waals surface area contributed by atoms with E-state index in [4.69, 9.17) is 0 Å². The maximum absolute atomic E-state index is 14.5. The summed E-state index contributed by atoms with van der Waals surface area (Å²) < 4.78 is 14.5. The number of imide groups is 1. The molecule has 3 rings (SSSR count). The van der Waals surface area contributed by atoms with Gasteiger partial charge in [0.15, 0.2) is 0 Å². The van der Waals surface area contributed by atoms with E-state index in [1.165, 1.54) is 13.1 Å². The number of likely N-dealkylation sites (N-methyl/N-ethyl adjacent to an activating group) is 1. The van der Waals surface area contributed by atoms with Crippen molar-refractivity contribution in [3.8, 4) is 0 Å². The molecule has 138 valence electrons. The van der Waals surface area contributed by atoms with Crippen LogP contribution in [0.4, 0.5) is 10.1 Å². The summed E-state index contributed by atoms with van der Waals surface area (Å²) in [5.41, 5.74) is 0.349. The molecule has 1 unspecified atom stereocenters. The van der Waals surface area contributed by atoms with E-state index in [1.807, 2.05) is 4.90 Å². The molecule has 0 saturated carbocycles. The molecule has 1 atom stereocenters. The van der Waals surface area contributed by atoms with Gasteiger partial charge >= 0.3 is 0 Å². The van der Waals surface area contributed by atoms with Crippen molar-refractivity contribution in [2.24, 2.45) is 0 Å². The van der Waals surface area contributed by atoms with Crippen LogP contribution in [0.25, 0.3) is 0 Å². The Morgan fingerprint density at radius 2 is 1.85 bits per heavy atom. The number of nitrogens with zero attached hydrogens (tertiary/aromatic N) is 2. The monoisotopic (exact) mass is 361 g/mol. The lowest BCUT2D eigenvalue weighted by Crippen LogP contribution is -2.48. The molecule has 1 aromatic rings. The van der Waals surface area contributed by atoms with Crippen LogP contribution < -0.4 is 10.2 Å². The van der Waals surface area contributed by atoms with E-state index in [0.717, 1.165) is 23.8 Å². The third kappa shape index (κ3) is 2.95. The highest BCUT2D eigenvalue weighted by atomic mass is 19.1. The van der Waals surface area contributed by atoms with Crippen molar-refractivity contribution < 1.29 is 23.6 Å². The van der Waals surface area contributed by atoms with Crippen LogP contribution in [0, 0.1) is 5.82 Å². The predicted octanol–water partition coefficient (Wildman–Crippen LogP) is 1.12. The molecule has 7 nitrogen and oxygen atoms in total. The van der Waals surface area contributed by atoms with Crippen LogP contribution in [-0.2, 0) is 9.59 Å². The number of aldehydes is 1. The molecule has 2 aliphatic rings. The molecule has 1 fully saturated rings. The van der Waals surface area contributed by atoms with Gasteiger partial charge in [0.1, 0.15) is 18.1 Å². The van der Waals surface area contributed by atoms with Gasteiger partial charge in [-0.25, -0.2) is 4.39 Å². The van der Waals surface area contributed by atoms with Gasteiger partial charge in [-0.3, -0.25) is 19.3 Å². The first-order chi connectivity index (χ1) is 12.5. The quantitative estimate of drug-likeness (QED) is 0.606. The first-order valence-corrected chi connectivity index (χ1v) is 8.61. The summed E-state index contributed by atoms with van der Waals surface area (Å²) in [6.07, 6.45) is 2.56. The van der Waals surface area contributed by atoms with Crippen molar-refractivity contribution in [1.82, 2.24) is 10.2 Å². The molecular formula is C18H20FN3O4. The summed E-state index contributed by atoms with van der Waals surface area (Å²) in [4.78, 5) is 51.0. The highest BCUT2D eigenvalue weighted by Gasteiger charge is 2.43. The van der Waals surface area contributed by atoms with Crippen LogP contribution in [0.3, 0.4) is 0 Å². The minimum atomic E-state index is -1.10. The number of anilines is 1. The van der Waals surface area contributed by atoms with Crippen LogP contribution in [0.15, 0.2) is 12.1 Å². The van der Waals surface area contributed by atoms with E-state index >= 15 is 0 Å². The maximum Gasteiger partial charge on any atom is 0.262 e. The van der Waals surface area contributed by atoms with Crippen molar-refractivity contribution in [2.45, 2.75) is 31.7 Å². The number of rotatable bonds is 6. The van der Waals surface area contributed by atoms with Gasteiger partial charge in [-0.15, -0.1) is 0 Å². The van der Waals surface area contributed by atoms with Crippen molar-refractivity contribution in [3.63, 3.8) is 0 Å². The lowest BCUT2D eigenvalue weighted by Gasteiger charge is -2.24. The second-order valence-electron chi connectivity index (χ2n) is 6.40. The predicted molar refractivity (Wildman–Crippen MR) is 91.5 cm³/mol. The SMILES string of the molecule is CNC(=O)C(CCC=O)N1C(=O)c2cc(F)c(N3CCCC3)cc2C1=O. The largest absolute Gasteiger partial charge is 0.369 e. The topological polar surface area (TPSA) is 86.8 Å². The van der Waals surface area contributed by atoms with Gasteiger partial charge < -0.3 is 15.0 Å². The third-order valence-electron chi connectivity index (χ3n) is 4.85. The minimum absolute atomic E-state index is 0.0239. The van der Waals surface area contributed by atoms with Gasteiger partial charge in [-0.2, -0.15) is 0 Å². The third-order valence-corrected chi connectivity index (χ3v) is 4.85. The van der Waals surface area contributed by atoms with E-state index in [2.05, 4.69) is 5.32 Å². The molecule has 0 radical (unpaired) electrons. The summed E-state index contributed by atoms with van der Waals surface area (Å²) in [7, 11) is 1.39. The van der Waals surface area contributed by atoms with Crippen LogP contribution in [-0.4, -0.2) is 55.1 Å². The fraction of sp³-hybridized carbons (Fsp3) is 0.444. The van der Waals surface area contributed by atoms with Crippen LogP contribution in [0.1, 0.15) is 46.4 Å². The Hall–Kier alpha value is -2.77. The molecule has 0 aromatic heterocycles. The molecule has 26 heavy (non-hydrogen) atoms. The smallest absolute Gasteiger partial charge is 0.262 e. The summed E-state index contributed by atoms with van der Waals surface area (Å²) >= 11 is 0. The highest BCUT2D eigenvalue weighted by molar-refractivity contribution is 6.23. The molecule has 0 aliphatic carbocycles. The molecule has 1 saturated heterocycles. The van der Waals surface area contributed by atoms with Gasteiger partial charge in [-0.05, 0) is 31.4 Å². The molecule has 3 amide bonds. The zero-order chi connectivity index (χ0) is 18.8. The summed E-state index contributed by atoms with van der Waals surface area (Å²) in [5.74, 6) is -2.44. The highest BCUT2D eigenvalue weighted by Crippen LogP contribution is 2.33. The molecule has 2 heterocycles. The number of nitrogens with one attached hydrogen (secondary N) is 1. The lowest BCUT2D eigenvalue weighted by atomic mass is 10.1. The number of fused-ring (bicyclic) bond motifs is 1. The molecule has 1 aromatic carbocycles. The van der Waals surface area contributed by atoms with Crippen molar-refractivity contribution >= 4 is 29.7 Å². The van der Waals surface area contributed by atoms with Crippen LogP contribution in [0.5, 0.6) is 0 Å². The zero-order valence-electron chi connectivity index (χ0n) is 14.5. The Morgan fingerprint density at radius 3 is 2.42 bits per heavy atom. The standard InChI is InChI=1S/C18H20FN3O4/c1-20-16(24)14(5-4-8-23)22-17(25)11-9-13(19)15(10-12(11)18(22)26)21-6-2-3-7-21/h8-10,14H,2-7H2,1H3,(H,20,24). The van der Waals surface area contributed by atoms with Crippen molar-refractivity contribution in [3.05, 3.63) is 29.1 Å². The zero-order valence-corrected chi connectivity index (χ0v) is 14.5. The average Bonchev–Trinajstić information content (AvgIpc) is 3.24. The molecule has 1 N–H and O–H groups in total. The number of amides is 3. The molecule has 0 spiro atoms.